The van der Waals surface area contributed by atoms with Crippen LogP contribution >= 0.6 is 34.5 Å². The number of halogens is 2. The van der Waals surface area contributed by atoms with Crippen LogP contribution in [0.15, 0.2) is 57.5 Å². The first-order valence-electron chi connectivity index (χ1n) is 10.3. The van der Waals surface area contributed by atoms with Crippen LogP contribution in [0.3, 0.4) is 0 Å². The third-order valence-electron chi connectivity index (χ3n) is 5.27. The SMILES string of the molecule is CCOC(=O)C1=C(C)N=c2s/c(=C\c3cc(Cl)cc(Cl)c3O)c(=O)n2[C@H]1c1cccc(OC)c1. The van der Waals surface area contributed by atoms with E-state index in [0.717, 1.165) is 11.3 Å². The number of phenolic OH excluding ortho intramolecular Hbond substituents is 1. The van der Waals surface area contributed by atoms with Crippen LogP contribution in [-0.4, -0.2) is 29.4 Å². The quantitative estimate of drug-likeness (QED) is 0.518. The van der Waals surface area contributed by atoms with Gasteiger partial charge in [-0.05, 0) is 49.8 Å². The molecule has 4 rings (SSSR count). The predicted octanol–water partition coefficient (Wildman–Crippen LogP) is 3.82. The number of fused-ring (bicyclic) bond motifs is 1. The van der Waals surface area contributed by atoms with E-state index in [2.05, 4.69) is 4.99 Å². The highest BCUT2D eigenvalue weighted by Crippen LogP contribution is 2.33. The van der Waals surface area contributed by atoms with Gasteiger partial charge in [-0.15, -0.1) is 0 Å². The van der Waals surface area contributed by atoms with Crippen molar-refractivity contribution in [3.63, 3.8) is 0 Å². The van der Waals surface area contributed by atoms with Crippen molar-refractivity contribution in [1.29, 1.82) is 0 Å². The fraction of sp³-hybridized carbons (Fsp3) is 0.208. The molecule has 0 saturated heterocycles. The van der Waals surface area contributed by atoms with Crippen LogP contribution in [-0.2, 0) is 9.53 Å². The Balaban J connectivity index is 1.99. The zero-order valence-electron chi connectivity index (χ0n) is 18.5. The van der Waals surface area contributed by atoms with Gasteiger partial charge in [0.15, 0.2) is 4.80 Å². The predicted molar refractivity (Wildman–Crippen MR) is 132 cm³/mol. The average molecular weight is 519 g/mol. The van der Waals surface area contributed by atoms with E-state index in [9.17, 15) is 14.7 Å². The second-order valence-electron chi connectivity index (χ2n) is 7.40. The number of rotatable bonds is 5. The number of benzene rings is 2. The number of hydrogen-bond acceptors (Lipinski definition) is 7. The summed E-state index contributed by atoms with van der Waals surface area (Å²) in [5, 5.41) is 10.7. The van der Waals surface area contributed by atoms with Crippen molar-refractivity contribution in [3.8, 4) is 11.5 Å². The number of allylic oxidation sites excluding steroid dienone is 1. The van der Waals surface area contributed by atoms with Crippen molar-refractivity contribution in [2.75, 3.05) is 13.7 Å². The highest BCUT2D eigenvalue weighted by atomic mass is 35.5. The van der Waals surface area contributed by atoms with Gasteiger partial charge in [0.25, 0.3) is 5.56 Å². The minimum atomic E-state index is -0.774. The monoisotopic (exact) mass is 518 g/mol. The van der Waals surface area contributed by atoms with Gasteiger partial charge in [-0.1, -0.05) is 46.7 Å². The number of esters is 1. The zero-order chi connectivity index (χ0) is 24.6. The molecule has 0 radical (unpaired) electrons. The normalized spacial score (nSPS) is 15.7. The van der Waals surface area contributed by atoms with Crippen LogP contribution in [0.5, 0.6) is 11.5 Å². The maximum absolute atomic E-state index is 13.6. The van der Waals surface area contributed by atoms with E-state index >= 15 is 0 Å². The van der Waals surface area contributed by atoms with Gasteiger partial charge in [0.2, 0.25) is 0 Å². The lowest BCUT2D eigenvalue weighted by atomic mass is 9.95. The Labute approximate surface area is 208 Å². The first-order valence-corrected chi connectivity index (χ1v) is 11.8. The van der Waals surface area contributed by atoms with E-state index in [-0.39, 0.29) is 33.0 Å². The molecule has 1 aliphatic rings. The number of ether oxygens (including phenoxy) is 2. The molecule has 0 unspecified atom stereocenters. The number of thiazole rings is 1. The van der Waals surface area contributed by atoms with Gasteiger partial charge >= 0.3 is 5.97 Å². The minimum absolute atomic E-state index is 0.0706. The van der Waals surface area contributed by atoms with Crippen LogP contribution in [0.2, 0.25) is 10.0 Å². The number of aromatic nitrogens is 1. The lowest BCUT2D eigenvalue weighted by molar-refractivity contribution is -0.139. The van der Waals surface area contributed by atoms with Gasteiger partial charge in [0.1, 0.15) is 11.5 Å². The topological polar surface area (TPSA) is 90.1 Å². The molecule has 1 N–H and O–H groups in total. The van der Waals surface area contributed by atoms with E-state index in [1.165, 1.54) is 22.8 Å². The van der Waals surface area contributed by atoms with E-state index < -0.39 is 12.0 Å². The van der Waals surface area contributed by atoms with Gasteiger partial charge in [-0.3, -0.25) is 9.36 Å². The summed E-state index contributed by atoms with van der Waals surface area (Å²) in [4.78, 5) is 31.5. The number of phenols is 1. The summed E-state index contributed by atoms with van der Waals surface area (Å²) < 4.78 is 12.4. The molecule has 0 saturated carbocycles. The minimum Gasteiger partial charge on any atom is -0.506 e. The molecule has 1 aromatic heterocycles. The first-order chi connectivity index (χ1) is 16.2. The fourth-order valence-corrected chi connectivity index (χ4v) is 5.30. The van der Waals surface area contributed by atoms with Gasteiger partial charge in [-0.25, -0.2) is 9.79 Å². The number of hydrogen-bond donors (Lipinski definition) is 1. The van der Waals surface area contributed by atoms with Crippen molar-refractivity contribution in [2.24, 2.45) is 4.99 Å². The molecule has 3 aromatic rings. The summed E-state index contributed by atoms with van der Waals surface area (Å²) in [6.07, 6.45) is 1.50. The van der Waals surface area contributed by atoms with Crippen molar-refractivity contribution in [1.82, 2.24) is 4.57 Å². The van der Waals surface area contributed by atoms with E-state index in [1.807, 2.05) is 6.07 Å². The first kappa shape index (κ1) is 24.1. The Morgan fingerprint density at radius 1 is 1.29 bits per heavy atom. The maximum atomic E-state index is 13.6. The summed E-state index contributed by atoms with van der Waals surface area (Å²) in [6.45, 7) is 3.60. The second kappa shape index (κ2) is 9.66. The van der Waals surface area contributed by atoms with Gasteiger partial charge in [0.05, 0.1) is 40.6 Å². The van der Waals surface area contributed by atoms with Crippen LogP contribution in [0, 0.1) is 0 Å². The number of nitrogens with zero attached hydrogens (tertiary/aromatic N) is 2. The highest BCUT2D eigenvalue weighted by molar-refractivity contribution is 7.07. The van der Waals surface area contributed by atoms with Crippen molar-refractivity contribution in [3.05, 3.63) is 88.5 Å². The lowest BCUT2D eigenvalue weighted by Gasteiger charge is -2.25. The van der Waals surface area contributed by atoms with E-state index in [4.69, 9.17) is 32.7 Å². The summed E-state index contributed by atoms with van der Waals surface area (Å²) in [5.41, 5.74) is 1.29. The number of carbonyl (C=O) groups excluding carboxylic acids is 1. The molecule has 2 aromatic carbocycles. The van der Waals surface area contributed by atoms with Gasteiger partial charge in [0, 0.05) is 10.6 Å². The Bertz CT molecular complexity index is 1510. The van der Waals surface area contributed by atoms with Crippen molar-refractivity contribution in [2.45, 2.75) is 19.9 Å². The van der Waals surface area contributed by atoms with Crippen LogP contribution < -0.4 is 19.6 Å². The maximum Gasteiger partial charge on any atom is 0.338 e. The third-order valence-corrected chi connectivity index (χ3v) is 6.76. The summed E-state index contributed by atoms with van der Waals surface area (Å²) in [6, 6.07) is 9.29. The van der Waals surface area contributed by atoms with Crippen molar-refractivity contribution < 1.29 is 19.4 Å². The highest BCUT2D eigenvalue weighted by Gasteiger charge is 2.33. The van der Waals surface area contributed by atoms with Crippen LogP contribution in [0.25, 0.3) is 6.08 Å². The number of aromatic hydroxyl groups is 1. The molecule has 176 valence electrons. The van der Waals surface area contributed by atoms with Crippen molar-refractivity contribution >= 4 is 46.6 Å². The van der Waals surface area contributed by atoms with E-state index in [1.54, 1.807) is 39.2 Å². The van der Waals surface area contributed by atoms with Gasteiger partial charge in [-0.2, -0.15) is 0 Å². The molecule has 0 spiro atoms. The third kappa shape index (κ3) is 4.36. The largest absolute Gasteiger partial charge is 0.506 e. The Hall–Kier alpha value is -3.07. The lowest BCUT2D eigenvalue weighted by Crippen LogP contribution is -2.39. The molecule has 0 aliphatic carbocycles. The molecular weight excluding hydrogens is 499 g/mol. The molecule has 10 heteroatoms. The molecule has 1 aliphatic heterocycles. The smallest absolute Gasteiger partial charge is 0.338 e. The molecule has 0 amide bonds. The van der Waals surface area contributed by atoms with Crippen LogP contribution in [0.1, 0.15) is 31.0 Å². The average Bonchev–Trinajstić information content (AvgIpc) is 3.10. The van der Waals surface area contributed by atoms with Gasteiger partial charge < -0.3 is 14.6 Å². The molecule has 34 heavy (non-hydrogen) atoms. The number of methoxy groups -OCH3 is 1. The molecule has 0 fully saturated rings. The second-order valence-corrected chi connectivity index (χ2v) is 9.26. The Kier molecular flexibility index (Phi) is 6.84. The fourth-order valence-electron chi connectivity index (χ4n) is 3.76. The number of carbonyl (C=O) groups is 1. The Morgan fingerprint density at radius 3 is 2.76 bits per heavy atom. The van der Waals surface area contributed by atoms with Crippen LogP contribution in [0.4, 0.5) is 0 Å². The molecular formula is C24H20Cl2N2O5S. The molecule has 1 atom stereocenters. The van der Waals surface area contributed by atoms with E-state index in [0.29, 0.717) is 32.4 Å². The molecule has 7 nitrogen and oxygen atoms in total. The molecule has 2 heterocycles. The zero-order valence-corrected chi connectivity index (χ0v) is 20.8. The summed E-state index contributed by atoms with van der Waals surface area (Å²) >= 11 is 13.2. The summed E-state index contributed by atoms with van der Waals surface area (Å²) in [5.74, 6) is -0.161. The summed E-state index contributed by atoms with van der Waals surface area (Å²) in [7, 11) is 1.54. The molecule has 0 bridgehead atoms. The Morgan fingerprint density at radius 2 is 2.06 bits per heavy atom. The standard InChI is InChI=1S/C24H20Cl2N2O5S/c1-4-33-23(31)19-12(2)27-24-28(20(19)13-6-5-7-16(9-13)32-3)22(30)18(34-24)10-14-8-15(25)11-17(26)21(14)29/h5-11,20,29H,4H2,1-3H3/b18-10-/t20-/m0/s1.